The number of aldehydes is 1. The molecule has 72 valence electrons. The molecular formula is C12H12O2. The van der Waals surface area contributed by atoms with Gasteiger partial charge in [0.15, 0.2) is 12.0 Å². The van der Waals surface area contributed by atoms with Gasteiger partial charge in [0.05, 0.1) is 0 Å². The van der Waals surface area contributed by atoms with Crippen LogP contribution in [0.4, 0.5) is 0 Å². The molecule has 0 saturated carbocycles. The lowest BCUT2D eigenvalue weighted by Gasteiger charge is -1.98. The summed E-state index contributed by atoms with van der Waals surface area (Å²) >= 11 is 0. The second-order valence-corrected chi connectivity index (χ2v) is 3.61. The highest BCUT2D eigenvalue weighted by molar-refractivity contribution is 5.93. The van der Waals surface area contributed by atoms with E-state index in [0.29, 0.717) is 5.76 Å². The first-order valence-electron chi connectivity index (χ1n) is 4.59. The van der Waals surface area contributed by atoms with E-state index in [9.17, 15) is 4.79 Å². The van der Waals surface area contributed by atoms with Crippen LogP contribution in [-0.4, -0.2) is 6.29 Å². The largest absolute Gasteiger partial charge is 0.453 e. The maximum atomic E-state index is 10.7. The van der Waals surface area contributed by atoms with E-state index in [-0.39, 0.29) is 0 Å². The molecule has 0 N–H and O–H groups in total. The fourth-order valence-electron chi connectivity index (χ4n) is 1.80. The SMILES string of the molecule is Cc1ccc(C)c2c(C)c(C=O)oc12. The molecule has 0 amide bonds. The van der Waals surface area contributed by atoms with Crippen LogP contribution in [0.1, 0.15) is 27.2 Å². The van der Waals surface area contributed by atoms with Crippen molar-refractivity contribution in [2.45, 2.75) is 20.8 Å². The highest BCUT2D eigenvalue weighted by atomic mass is 16.3. The van der Waals surface area contributed by atoms with Gasteiger partial charge in [-0.3, -0.25) is 4.79 Å². The summed E-state index contributed by atoms with van der Waals surface area (Å²) in [7, 11) is 0. The molecule has 2 nitrogen and oxygen atoms in total. The fourth-order valence-corrected chi connectivity index (χ4v) is 1.80. The first-order valence-corrected chi connectivity index (χ1v) is 4.59. The quantitative estimate of drug-likeness (QED) is 0.643. The predicted molar refractivity (Wildman–Crippen MR) is 55.8 cm³/mol. The Morgan fingerprint density at radius 3 is 2.36 bits per heavy atom. The molecule has 0 bridgehead atoms. The van der Waals surface area contributed by atoms with Gasteiger partial charge in [0.25, 0.3) is 0 Å². The first-order chi connectivity index (χ1) is 6.65. The Bertz CT molecular complexity index is 507. The molecule has 2 aromatic rings. The summed E-state index contributed by atoms with van der Waals surface area (Å²) in [5, 5.41) is 1.08. The summed E-state index contributed by atoms with van der Waals surface area (Å²) < 4.78 is 5.49. The van der Waals surface area contributed by atoms with Crippen molar-refractivity contribution in [3.63, 3.8) is 0 Å². The average Bonchev–Trinajstić information content (AvgIpc) is 2.51. The summed E-state index contributed by atoms with van der Waals surface area (Å²) in [5.74, 6) is 0.442. The second kappa shape index (κ2) is 2.98. The highest BCUT2D eigenvalue weighted by Crippen LogP contribution is 2.29. The van der Waals surface area contributed by atoms with Crippen molar-refractivity contribution in [1.29, 1.82) is 0 Å². The Morgan fingerprint density at radius 1 is 1.14 bits per heavy atom. The van der Waals surface area contributed by atoms with Crippen LogP contribution >= 0.6 is 0 Å². The Balaban J connectivity index is 2.97. The van der Waals surface area contributed by atoms with Gasteiger partial charge in [-0.1, -0.05) is 12.1 Å². The van der Waals surface area contributed by atoms with Crippen LogP contribution in [0.2, 0.25) is 0 Å². The number of hydrogen-bond acceptors (Lipinski definition) is 2. The lowest BCUT2D eigenvalue weighted by molar-refractivity contribution is 0.110. The molecule has 2 rings (SSSR count). The van der Waals surface area contributed by atoms with Crippen molar-refractivity contribution in [3.8, 4) is 0 Å². The van der Waals surface area contributed by atoms with Gasteiger partial charge in [-0.05, 0) is 31.9 Å². The molecule has 0 radical (unpaired) electrons. The number of furan rings is 1. The number of aryl methyl sites for hydroxylation is 3. The minimum atomic E-state index is 0.442. The molecule has 0 spiro atoms. The first kappa shape index (κ1) is 9.00. The van der Waals surface area contributed by atoms with Crippen LogP contribution in [0, 0.1) is 20.8 Å². The summed E-state index contributed by atoms with van der Waals surface area (Å²) in [6.45, 7) is 5.93. The van der Waals surface area contributed by atoms with Crippen molar-refractivity contribution in [1.82, 2.24) is 0 Å². The fraction of sp³-hybridized carbons (Fsp3) is 0.250. The van der Waals surface area contributed by atoms with Gasteiger partial charge in [0, 0.05) is 10.9 Å². The third-order valence-corrected chi connectivity index (χ3v) is 2.63. The molecule has 1 aromatic heterocycles. The molecule has 2 heteroatoms. The minimum absolute atomic E-state index is 0.442. The summed E-state index contributed by atoms with van der Waals surface area (Å²) in [6.07, 6.45) is 0.772. The van der Waals surface area contributed by atoms with E-state index in [4.69, 9.17) is 4.42 Å². The van der Waals surface area contributed by atoms with Gasteiger partial charge in [-0.15, -0.1) is 0 Å². The standard InChI is InChI=1S/C12H12O2/c1-7-4-5-8(2)12-11(7)9(3)10(6-13)14-12/h4-6H,1-3H3. The van der Waals surface area contributed by atoms with Gasteiger partial charge in [0.2, 0.25) is 0 Å². The van der Waals surface area contributed by atoms with Gasteiger partial charge in [-0.2, -0.15) is 0 Å². The van der Waals surface area contributed by atoms with E-state index in [0.717, 1.165) is 33.9 Å². The molecule has 0 aliphatic rings. The molecule has 0 saturated heterocycles. The van der Waals surface area contributed by atoms with E-state index < -0.39 is 0 Å². The Hall–Kier alpha value is -1.57. The minimum Gasteiger partial charge on any atom is -0.453 e. The van der Waals surface area contributed by atoms with Crippen LogP contribution in [0.15, 0.2) is 16.5 Å². The highest BCUT2D eigenvalue weighted by Gasteiger charge is 2.12. The monoisotopic (exact) mass is 188 g/mol. The van der Waals surface area contributed by atoms with Crippen LogP contribution in [0.3, 0.4) is 0 Å². The molecule has 0 fully saturated rings. The maximum Gasteiger partial charge on any atom is 0.185 e. The molecule has 14 heavy (non-hydrogen) atoms. The molecular weight excluding hydrogens is 176 g/mol. The zero-order valence-electron chi connectivity index (χ0n) is 8.55. The predicted octanol–water partition coefficient (Wildman–Crippen LogP) is 3.17. The van der Waals surface area contributed by atoms with E-state index >= 15 is 0 Å². The zero-order valence-corrected chi connectivity index (χ0v) is 8.55. The number of benzene rings is 1. The Morgan fingerprint density at radius 2 is 1.79 bits per heavy atom. The molecule has 0 atom stereocenters. The second-order valence-electron chi connectivity index (χ2n) is 3.61. The van der Waals surface area contributed by atoms with Crippen LogP contribution in [0.5, 0.6) is 0 Å². The van der Waals surface area contributed by atoms with Crippen molar-refractivity contribution in [2.75, 3.05) is 0 Å². The Labute approximate surface area is 82.5 Å². The van der Waals surface area contributed by atoms with Gasteiger partial charge >= 0.3 is 0 Å². The van der Waals surface area contributed by atoms with Crippen LogP contribution in [0.25, 0.3) is 11.0 Å². The normalized spacial score (nSPS) is 10.8. The van der Waals surface area contributed by atoms with Gasteiger partial charge in [0.1, 0.15) is 5.58 Å². The smallest absolute Gasteiger partial charge is 0.185 e. The van der Waals surface area contributed by atoms with Crippen molar-refractivity contribution >= 4 is 17.3 Å². The molecule has 0 aliphatic carbocycles. The third kappa shape index (κ3) is 1.07. The molecule has 1 heterocycles. The lowest BCUT2D eigenvalue weighted by Crippen LogP contribution is -1.80. The van der Waals surface area contributed by atoms with Gasteiger partial charge in [-0.25, -0.2) is 0 Å². The molecule has 0 unspecified atom stereocenters. The van der Waals surface area contributed by atoms with Crippen LogP contribution < -0.4 is 0 Å². The van der Waals surface area contributed by atoms with Crippen molar-refractivity contribution < 1.29 is 9.21 Å². The third-order valence-electron chi connectivity index (χ3n) is 2.63. The molecule has 1 aromatic carbocycles. The van der Waals surface area contributed by atoms with Crippen LogP contribution in [-0.2, 0) is 0 Å². The number of carbonyl (C=O) groups is 1. The van der Waals surface area contributed by atoms with E-state index in [1.807, 2.05) is 26.8 Å². The number of carbonyl (C=O) groups excluding carboxylic acids is 1. The van der Waals surface area contributed by atoms with E-state index in [1.165, 1.54) is 0 Å². The number of fused-ring (bicyclic) bond motifs is 1. The topological polar surface area (TPSA) is 30.2 Å². The van der Waals surface area contributed by atoms with Crippen molar-refractivity contribution in [2.24, 2.45) is 0 Å². The van der Waals surface area contributed by atoms with E-state index in [1.54, 1.807) is 0 Å². The summed E-state index contributed by atoms with van der Waals surface area (Å²) in [4.78, 5) is 10.7. The number of rotatable bonds is 1. The molecule has 0 aliphatic heterocycles. The zero-order chi connectivity index (χ0) is 10.3. The van der Waals surface area contributed by atoms with E-state index in [2.05, 4.69) is 6.07 Å². The summed E-state index contributed by atoms with van der Waals surface area (Å²) in [6, 6.07) is 4.06. The average molecular weight is 188 g/mol. The number of hydrogen-bond donors (Lipinski definition) is 0. The summed E-state index contributed by atoms with van der Waals surface area (Å²) in [5.41, 5.74) is 4.00. The lowest BCUT2D eigenvalue weighted by atomic mass is 10.0. The Kier molecular flexibility index (Phi) is 1.92. The maximum absolute atomic E-state index is 10.7. The van der Waals surface area contributed by atoms with Gasteiger partial charge < -0.3 is 4.42 Å². The van der Waals surface area contributed by atoms with Crippen molar-refractivity contribution in [3.05, 3.63) is 34.6 Å².